The summed E-state index contributed by atoms with van der Waals surface area (Å²) in [5.41, 5.74) is 10.5. The molecule has 0 aliphatic heterocycles. The minimum Gasteiger partial charge on any atom is -0.329 e. The molecular weight excluding hydrogens is 220 g/mol. The Labute approximate surface area is 111 Å². The minimum absolute atomic E-state index is 0.423. The van der Waals surface area contributed by atoms with Crippen LogP contribution in [-0.2, 0) is 12.8 Å². The van der Waals surface area contributed by atoms with Crippen LogP contribution in [0.2, 0.25) is 0 Å². The molecule has 2 rings (SSSR count). The van der Waals surface area contributed by atoms with Gasteiger partial charge in [-0.05, 0) is 62.4 Å². The Bertz CT molecular complexity index is 398. The van der Waals surface area contributed by atoms with E-state index in [1.165, 1.54) is 31.2 Å². The Kier molecular flexibility index (Phi) is 4.41. The van der Waals surface area contributed by atoms with Crippen molar-refractivity contribution in [3.05, 3.63) is 34.9 Å². The topological polar surface area (TPSA) is 29.3 Å². The van der Waals surface area contributed by atoms with Crippen LogP contribution in [0.5, 0.6) is 0 Å². The third kappa shape index (κ3) is 2.76. The van der Waals surface area contributed by atoms with Crippen LogP contribution in [0, 0.1) is 0 Å². The molecule has 0 aromatic heterocycles. The molecule has 100 valence electrons. The van der Waals surface area contributed by atoms with Gasteiger partial charge in [-0.3, -0.25) is 0 Å². The average molecular weight is 246 g/mol. The lowest BCUT2D eigenvalue weighted by molar-refractivity contribution is 0.266. The van der Waals surface area contributed by atoms with Crippen molar-refractivity contribution in [2.24, 2.45) is 5.73 Å². The summed E-state index contributed by atoms with van der Waals surface area (Å²) in [6.45, 7) is 3.01. The zero-order valence-electron chi connectivity index (χ0n) is 11.9. The molecule has 1 aliphatic rings. The summed E-state index contributed by atoms with van der Waals surface area (Å²) in [5.74, 6) is 0.497. The van der Waals surface area contributed by atoms with Crippen molar-refractivity contribution in [2.75, 3.05) is 20.6 Å². The van der Waals surface area contributed by atoms with Crippen molar-refractivity contribution < 1.29 is 0 Å². The number of likely N-dealkylation sites (N-methyl/N-ethyl adjacent to an activating group) is 1. The normalized spacial score (nSPS) is 18.5. The van der Waals surface area contributed by atoms with Gasteiger partial charge in [0.05, 0.1) is 0 Å². The van der Waals surface area contributed by atoms with E-state index in [1.54, 1.807) is 11.1 Å². The first kappa shape index (κ1) is 13.6. The summed E-state index contributed by atoms with van der Waals surface area (Å²) in [5, 5.41) is 0. The standard InChI is InChI=1S/C16H26N2/c1-12(16(11-17)18(2)3)14-9-8-13-6-4-5-7-15(13)10-14/h8-10,12,16H,4-7,11,17H2,1-3H3. The molecule has 2 unspecified atom stereocenters. The third-order valence-electron chi connectivity index (χ3n) is 4.38. The van der Waals surface area contributed by atoms with E-state index in [1.807, 2.05) is 0 Å². The molecule has 0 radical (unpaired) electrons. The van der Waals surface area contributed by atoms with Crippen molar-refractivity contribution in [1.82, 2.24) is 4.90 Å². The number of fused-ring (bicyclic) bond motifs is 1. The number of hydrogen-bond donors (Lipinski definition) is 1. The molecule has 1 aromatic rings. The Morgan fingerprint density at radius 1 is 1.17 bits per heavy atom. The van der Waals surface area contributed by atoms with Gasteiger partial charge in [-0.2, -0.15) is 0 Å². The fourth-order valence-electron chi connectivity index (χ4n) is 3.12. The fourth-order valence-corrected chi connectivity index (χ4v) is 3.12. The third-order valence-corrected chi connectivity index (χ3v) is 4.38. The number of nitrogens with zero attached hydrogens (tertiary/aromatic N) is 1. The molecule has 0 bridgehead atoms. The van der Waals surface area contributed by atoms with Crippen molar-refractivity contribution in [1.29, 1.82) is 0 Å². The average Bonchev–Trinajstić information content (AvgIpc) is 2.38. The molecular formula is C16H26N2. The first-order chi connectivity index (χ1) is 8.63. The van der Waals surface area contributed by atoms with E-state index in [-0.39, 0.29) is 0 Å². The van der Waals surface area contributed by atoms with Gasteiger partial charge in [0.2, 0.25) is 0 Å². The molecule has 0 amide bonds. The largest absolute Gasteiger partial charge is 0.329 e. The van der Waals surface area contributed by atoms with Crippen molar-refractivity contribution in [2.45, 2.75) is 44.6 Å². The van der Waals surface area contributed by atoms with Crippen LogP contribution in [0.4, 0.5) is 0 Å². The molecule has 0 spiro atoms. The van der Waals surface area contributed by atoms with Crippen LogP contribution >= 0.6 is 0 Å². The molecule has 0 saturated heterocycles. The Morgan fingerprint density at radius 2 is 1.83 bits per heavy atom. The number of hydrogen-bond acceptors (Lipinski definition) is 2. The second kappa shape index (κ2) is 5.85. The quantitative estimate of drug-likeness (QED) is 0.884. The molecule has 2 atom stereocenters. The summed E-state index contributed by atoms with van der Waals surface area (Å²) in [6, 6.07) is 7.49. The molecule has 18 heavy (non-hydrogen) atoms. The molecule has 0 heterocycles. The highest BCUT2D eigenvalue weighted by Gasteiger charge is 2.20. The Hall–Kier alpha value is -0.860. The molecule has 1 aliphatic carbocycles. The van der Waals surface area contributed by atoms with Gasteiger partial charge < -0.3 is 10.6 Å². The first-order valence-corrected chi connectivity index (χ1v) is 7.11. The van der Waals surface area contributed by atoms with E-state index in [0.29, 0.717) is 18.5 Å². The van der Waals surface area contributed by atoms with Gasteiger partial charge in [-0.25, -0.2) is 0 Å². The minimum atomic E-state index is 0.423. The van der Waals surface area contributed by atoms with E-state index in [9.17, 15) is 0 Å². The fraction of sp³-hybridized carbons (Fsp3) is 0.625. The predicted octanol–water partition coefficient (Wildman–Crippen LogP) is 2.56. The van der Waals surface area contributed by atoms with E-state index >= 15 is 0 Å². The van der Waals surface area contributed by atoms with Gasteiger partial charge in [0.1, 0.15) is 0 Å². The number of nitrogens with two attached hydrogens (primary N) is 1. The highest BCUT2D eigenvalue weighted by molar-refractivity contribution is 5.35. The van der Waals surface area contributed by atoms with Crippen molar-refractivity contribution in [3.8, 4) is 0 Å². The zero-order chi connectivity index (χ0) is 13.1. The Morgan fingerprint density at radius 3 is 2.44 bits per heavy atom. The lowest BCUT2D eigenvalue weighted by atomic mass is 9.85. The van der Waals surface area contributed by atoms with Crippen LogP contribution in [0.1, 0.15) is 42.4 Å². The van der Waals surface area contributed by atoms with Gasteiger partial charge >= 0.3 is 0 Å². The van der Waals surface area contributed by atoms with Gasteiger partial charge in [-0.1, -0.05) is 25.1 Å². The smallest absolute Gasteiger partial charge is 0.0278 e. The molecule has 2 heteroatoms. The first-order valence-electron chi connectivity index (χ1n) is 7.11. The summed E-state index contributed by atoms with van der Waals surface area (Å²) < 4.78 is 0. The lowest BCUT2D eigenvalue weighted by Crippen LogP contribution is -2.39. The summed E-state index contributed by atoms with van der Waals surface area (Å²) >= 11 is 0. The van der Waals surface area contributed by atoms with Crippen LogP contribution in [0.3, 0.4) is 0 Å². The van der Waals surface area contributed by atoms with Gasteiger partial charge in [-0.15, -0.1) is 0 Å². The van der Waals surface area contributed by atoms with Crippen LogP contribution in [0.15, 0.2) is 18.2 Å². The summed E-state index contributed by atoms with van der Waals surface area (Å²) in [6.07, 6.45) is 5.22. The van der Waals surface area contributed by atoms with Crippen LogP contribution < -0.4 is 5.73 Å². The maximum Gasteiger partial charge on any atom is 0.0278 e. The number of aryl methyl sites for hydroxylation is 2. The molecule has 0 saturated carbocycles. The predicted molar refractivity (Wildman–Crippen MR) is 78.0 cm³/mol. The van der Waals surface area contributed by atoms with Crippen LogP contribution in [-0.4, -0.2) is 31.6 Å². The van der Waals surface area contributed by atoms with E-state index in [4.69, 9.17) is 5.73 Å². The van der Waals surface area contributed by atoms with Crippen LogP contribution in [0.25, 0.3) is 0 Å². The maximum atomic E-state index is 5.91. The van der Waals surface area contributed by atoms with Gasteiger partial charge in [0.25, 0.3) is 0 Å². The molecule has 2 nitrogen and oxygen atoms in total. The lowest BCUT2D eigenvalue weighted by Gasteiger charge is -2.30. The highest BCUT2D eigenvalue weighted by Crippen LogP contribution is 2.27. The maximum absolute atomic E-state index is 5.91. The van der Waals surface area contributed by atoms with E-state index < -0.39 is 0 Å². The van der Waals surface area contributed by atoms with Gasteiger partial charge in [0.15, 0.2) is 0 Å². The monoisotopic (exact) mass is 246 g/mol. The molecule has 0 fully saturated rings. The van der Waals surface area contributed by atoms with E-state index in [0.717, 1.165) is 0 Å². The van der Waals surface area contributed by atoms with E-state index in [2.05, 4.69) is 44.1 Å². The zero-order valence-corrected chi connectivity index (χ0v) is 11.9. The van der Waals surface area contributed by atoms with Crippen molar-refractivity contribution >= 4 is 0 Å². The summed E-state index contributed by atoms with van der Waals surface area (Å²) in [4.78, 5) is 2.24. The van der Waals surface area contributed by atoms with Gasteiger partial charge in [0, 0.05) is 12.6 Å². The number of rotatable bonds is 4. The van der Waals surface area contributed by atoms with Crippen molar-refractivity contribution in [3.63, 3.8) is 0 Å². The Balaban J connectivity index is 2.22. The second-order valence-electron chi connectivity index (χ2n) is 5.79. The second-order valence-corrected chi connectivity index (χ2v) is 5.79. The number of benzene rings is 1. The SMILES string of the molecule is CC(c1ccc2c(c1)CCCC2)C(CN)N(C)C. The summed E-state index contributed by atoms with van der Waals surface area (Å²) in [7, 11) is 4.23. The highest BCUT2D eigenvalue weighted by atomic mass is 15.1. The molecule has 2 N–H and O–H groups in total. The molecule has 1 aromatic carbocycles.